The lowest BCUT2D eigenvalue weighted by Crippen LogP contribution is -2.40. The Morgan fingerprint density at radius 3 is 2.72 bits per heavy atom. The van der Waals surface area contributed by atoms with Crippen LogP contribution in [0.3, 0.4) is 0 Å². The molecule has 1 aromatic heterocycles. The molecular formula is C19H26N4O2. The number of aromatic nitrogens is 2. The van der Waals surface area contributed by atoms with E-state index in [9.17, 15) is 9.59 Å². The van der Waals surface area contributed by atoms with Gasteiger partial charge in [0.2, 0.25) is 5.91 Å². The first-order chi connectivity index (χ1) is 12.1. The number of rotatable bonds is 5. The van der Waals surface area contributed by atoms with Gasteiger partial charge >= 0.3 is 0 Å². The smallest absolute Gasteiger partial charge is 0.258 e. The summed E-state index contributed by atoms with van der Waals surface area (Å²) in [5, 5.41) is 3.73. The molecule has 6 heteroatoms. The molecule has 0 saturated heterocycles. The van der Waals surface area contributed by atoms with Crippen molar-refractivity contribution >= 4 is 16.8 Å². The number of fused-ring (bicyclic) bond motifs is 1. The number of H-pyrrole nitrogens is 1. The van der Waals surface area contributed by atoms with Gasteiger partial charge in [0.25, 0.3) is 5.56 Å². The molecule has 0 atom stereocenters. The van der Waals surface area contributed by atoms with E-state index in [2.05, 4.69) is 15.3 Å². The molecule has 134 valence electrons. The highest BCUT2D eigenvalue weighted by molar-refractivity contribution is 5.78. The van der Waals surface area contributed by atoms with Crippen LogP contribution in [0.4, 0.5) is 0 Å². The van der Waals surface area contributed by atoms with E-state index in [1.165, 1.54) is 25.7 Å². The molecule has 1 saturated carbocycles. The van der Waals surface area contributed by atoms with E-state index >= 15 is 0 Å². The van der Waals surface area contributed by atoms with Gasteiger partial charge in [-0.05, 0) is 32.0 Å². The number of hydrogen-bond acceptors (Lipinski definition) is 4. The zero-order valence-electron chi connectivity index (χ0n) is 14.8. The highest BCUT2D eigenvalue weighted by Gasteiger charge is 2.16. The van der Waals surface area contributed by atoms with Crippen LogP contribution >= 0.6 is 0 Å². The lowest BCUT2D eigenvalue weighted by atomic mass is 10.1. The number of amides is 1. The van der Waals surface area contributed by atoms with Crippen LogP contribution in [0.15, 0.2) is 29.1 Å². The van der Waals surface area contributed by atoms with Gasteiger partial charge < -0.3 is 10.3 Å². The number of hydrogen-bond donors (Lipinski definition) is 2. The summed E-state index contributed by atoms with van der Waals surface area (Å²) in [4.78, 5) is 33.5. The summed E-state index contributed by atoms with van der Waals surface area (Å²) in [7, 11) is 1.86. The largest absolute Gasteiger partial charge is 0.352 e. The number of aromatic amines is 1. The maximum atomic E-state index is 12.3. The Labute approximate surface area is 147 Å². The summed E-state index contributed by atoms with van der Waals surface area (Å²) in [5.41, 5.74) is 0.537. The van der Waals surface area contributed by atoms with E-state index in [0.29, 0.717) is 35.9 Å². The minimum absolute atomic E-state index is 0.0394. The van der Waals surface area contributed by atoms with Crippen molar-refractivity contribution in [2.45, 2.75) is 51.1 Å². The average molecular weight is 342 g/mol. The minimum Gasteiger partial charge on any atom is -0.352 e. The fraction of sp³-hybridized carbons (Fsp3) is 0.526. The molecule has 2 N–H and O–H groups in total. The molecule has 0 aliphatic heterocycles. The van der Waals surface area contributed by atoms with Gasteiger partial charge in [-0.1, -0.05) is 37.8 Å². The SMILES string of the molecule is CN(CC(=O)NC1CCCCCC1)Cc1nc2ccccc2c(=O)[nH]1. The Balaban J connectivity index is 1.57. The zero-order valence-corrected chi connectivity index (χ0v) is 14.8. The van der Waals surface area contributed by atoms with E-state index < -0.39 is 0 Å². The van der Waals surface area contributed by atoms with Crippen LogP contribution < -0.4 is 10.9 Å². The number of carbonyl (C=O) groups excluding carboxylic acids is 1. The van der Waals surface area contributed by atoms with Crippen LogP contribution in [-0.2, 0) is 11.3 Å². The van der Waals surface area contributed by atoms with Gasteiger partial charge in [0.05, 0.1) is 24.0 Å². The first-order valence-electron chi connectivity index (χ1n) is 9.07. The van der Waals surface area contributed by atoms with Crippen molar-refractivity contribution in [3.05, 3.63) is 40.4 Å². The molecule has 0 unspecified atom stereocenters. The number of nitrogens with one attached hydrogen (secondary N) is 2. The molecule has 0 bridgehead atoms. The summed E-state index contributed by atoms with van der Waals surface area (Å²) in [6, 6.07) is 7.58. The molecule has 1 amide bonds. The second-order valence-corrected chi connectivity index (χ2v) is 6.96. The van der Waals surface area contributed by atoms with Crippen LogP contribution in [-0.4, -0.2) is 40.4 Å². The normalized spacial score (nSPS) is 16.1. The quantitative estimate of drug-likeness (QED) is 0.817. The van der Waals surface area contributed by atoms with E-state index in [1.807, 2.05) is 30.1 Å². The van der Waals surface area contributed by atoms with E-state index in [-0.39, 0.29) is 11.5 Å². The summed E-state index contributed by atoms with van der Waals surface area (Å²) < 4.78 is 0. The fourth-order valence-electron chi connectivity index (χ4n) is 3.46. The molecule has 3 rings (SSSR count). The number of likely N-dealkylation sites (N-methyl/N-ethyl adjacent to an activating group) is 1. The molecule has 1 aromatic carbocycles. The lowest BCUT2D eigenvalue weighted by Gasteiger charge is -2.20. The highest BCUT2D eigenvalue weighted by atomic mass is 16.2. The summed E-state index contributed by atoms with van der Waals surface area (Å²) in [5.74, 6) is 0.617. The summed E-state index contributed by atoms with van der Waals surface area (Å²) >= 11 is 0. The van der Waals surface area contributed by atoms with Crippen LogP contribution in [0.5, 0.6) is 0 Å². The standard InChI is InChI=1S/C19H26N4O2/c1-23(13-18(24)20-14-8-4-2-3-5-9-14)12-17-21-16-11-7-6-10-15(16)19(25)22-17/h6-7,10-11,14H,2-5,8-9,12-13H2,1H3,(H,20,24)(H,21,22,25). The second-order valence-electron chi connectivity index (χ2n) is 6.96. The van der Waals surface area contributed by atoms with Gasteiger partial charge in [-0.25, -0.2) is 4.98 Å². The molecule has 0 spiro atoms. The molecule has 1 heterocycles. The van der Waals surface area contributed by atoms with Gasteiger partial charge in [-0.15, -0.1) is 0 Å². The number of nitrogens with zero attached hydrogens (tertiary/aromatic N) is 2. The monoisotopic (exact) mass is 342 g/mol. The molecule has 1 fully saturated rings. The van der Waals surface area contributed by atoms with Gasteiger partial charge in [-0.2, -0.15) is 0 Å². The van der Waals surface area contributed by atoms with E-state index in [1.54, 1.807) is 6.07 Å². The third-order valence-electron chi connectivity index (χ3n) is 4.72. The maximum absolute atomic E-state index is 12.3. The van der Waals surface area contributed by atoms with Crippen LogP contribution in [0.25, 0.3) is 10.9 Å². The topological polar surface area (TPSA) is 78.1 Å². The lowest BCUT2D eigenvalue weighted by molar-refractivity contribution is -0.122. The Kier molecular flexibility index (Phi) is 5.81. The first kappa shape index (κ1) is 17.6. The Morgan fingerprint density at radius 2 is 1.96 bits per heavy atom. The number of benzene rings is 1. The van der Waals surface area contributed by atoms with Gasteiger partial charge in [0.1, 0.15) is 5.82 Å². The zero-order chi connectivity index (χ0) is 17.6. The Hall–Kier alpha value is -2.21. The molecule has 0 radical (unpaired) electrons. The van der Waals surface area contributed by atoms with Crippen LogP contribution in [0.2, 0.25) is 0 Å². The Bertz CT molecular complexity index is 778. The van der Waals surface area contributed by atoms with Crippen molar-refractivity contribution in [2.24, 2.45) is 0 Å². The molecular weight excluding hydrogens is 316 g/mol. The third kappa shape index (κ3) is 4.89. The highest BCUT2D eigenvalue weighted by Crippen LogP contribution is 2.17. The fourth-order valence-corrected chi connectivity index (χ4v) is 3.46. The molecule has 1 aliphatic rings. The Morgan fingerprint density at radius 1 is 1.24 bits per heavy atom. The van der Waals surface area contributed by atoms with Gasteiger partial charge in [0.15, 0.2) is 0 Å². The van der Waals surface area contributed by atoms with E-state index in [0.717, 1.165) is 12.8 Å². The van der Waals surface area contributed by atoms with Crippen molar-refractivity contribution < 1.29 is 4.79 Å². The van der Waals surface area contributed by atoms with Crippen molar-refractivity contribution in [3.63, 3.8) is 0 Å². The van der Waals surface area contributed by atoms with Crippen molar-refractivity contribution in [2.75, 3.05) is 13.6 Å². The average Bonchev–Trinajstić information content (AvgIpc) is 2.83. The maximum Gasteiger partial charge on any atom is 0.258 e. The molecule has 2 aromatic rings. The van der Waals surface area contributed by atoms with Crippen LogP contribution in [0, 0.1) is 0 Å². The molecule has 25 heavy (non-hydrogen) atoms. The second kappa shape index (κ2) is 8.25. The predicted octanol–water partition coefficient (Wildman–Crippen LogP) is 2.19. The number of para-hydroxylation sites is 1. The molecule has 6 nitrogen and oxygen atoms in total. The van der Waals surface area contributed by atoms with Crippen molar-refractivity contribution in [3.8, 4) is 0 Å². The summed E-state index contributed by atoms with van der Waals surface area (Å²) in [6.45, 7) is 0.727. The van der Waals surface area contributed by atoms with Gasteiger partial charge in [0, 0.05) is 6.04 Å². The van der Waals surface area contributed by atoms with Crippen molar-refractivity contribution in [1.82, 2.24) is 20.2 Å². The third-order valence-corrected chi connectivity index (χ3v) is 4.72. The molecule has 1 aliphatic carbocycles. The first-order valence-corrected chi connectivity index (χ1v) is 9.07. The van der Waals surface area contributed by atoms with E-state index in [4.69, 9.17) is 0 Å². The van der Waals surface area contributed by atoms with Gasteiger partial charge in [-0.3, -0.25) is 14.5 Å². The summed E-state index contributed by atoms with van der Waals surface area (Å²) in [6.07, 6.45) is 7.09. The van der Waals surface area contributed by atoms with Crippen LogP contribution in [0.1, 0.15) is 44.3 Å². The van der Waals surface area contributed by atoms with Crippen molar-refractivity contribution in [1.29, 1.82) is 0 Å². The predicted molar refractivity (Wildman–Crippen MR) is 98.3 cm³/mol. The number of carbonyl (C=O) groups is 1. The minimum atomic E-state index is -0.142.